The first kappa shape index (κ1) is 25.0. The highest BCUT2D eigenvalue weighted by Crippen LogP contribution is 2.24. The van der Waals surface area contributed by atoms with Crippen molar-refractivity contribution in [3.05, 3.63) is 59.7 Å². The van der Waals surface area contributed by atoms with E-state index in [2.05, 4.69) is 5.32 Å². The zero-order valence-electron chi connectivity index (χ0n) is 18.6. The van der Waals surface area contributed by atoms with E-state index in [1.54, 1.807) is 36.4 Å². The van der Waals surface area contributed by atoms with Crippen LogP contribution in [0.15, 0.2) is 48.5 Å². The van der Waals surface area contributed by atoms with Crippen LogP contribution >= 0.6 is 0 Å². The number of rotatable bonds is 10. The second kappa shape index (κ2) is 12.0. The standard InChI is InChI=1S/C24H30N2O6/c1-4-5-14-26(2)23(30)21(28)20(27)22(29)25-15-16-10-12-17(13-11-16)18-8-6-7-9-19(18)24(31)32-3/h6-13,20-21,27-28H,4-5,14-15H2,1-3H3,(H,25,29). The number of esters is 1. The van der Waals surface area contributed by atoms with E-state index in [0.29, 0.717) is 12.1 Å². The van der Waals surface area contributed by atoms with Crippen molar-refractivity contribution in [2.75, 3.05) is 20.7 Å². The summed E-state index contributed by atoms with van der Waals surface area (Å²) in [5.74, 6) is -1.97. The van der Waals surface area contributed by atoms with Gasteiger partial charge in [-0.1, -0.05) is 55.8 Å². The van der Waals surface area contributed by atoms with Gasteiger partial charge in [0, 0.05) is 20.1 Å². The summed E-state index contributed by atoms with van der Waals surface area (Å²) in [5, 5.41) is 22.6. The highest BCUT2D eigenvalue weighted by atomic mass is 16.5. The van der Waals surface area contributed by atoms with Gasteiger partial charge in [-0.25, -0.2) is 4.79 Å². The fourth-order valence-electron chi connectivity index (χ4n) is 3.13. The van der Waals surface area contributed by atoms with Gasteiger partial charge in [0.2, 0.25) is 0 Å². The van der Waals surface area contributed by atoms with Crippen molar-refractivity contribution in [1.82, 2.24) is 10.2 Å². The van der Waals surface area contributed by atoms with Crippen molar-refractivity contribution in [3.63, 3.8) is 0 Å². The summed E-state index contributed by atoms with van der Waals surface area (Å²) in [4.78, 5) is 37.6. The fraction of sp³-hybridized carbons (Fsp3) is 0.375. The van der Waals surface area contributed by atoms with Crippen LogP contribution in [0.3, 0.4) is 0 Å². The molecule has 0 aromatic heterocycles. The molecule has 3 N–H and O–H groups in total. The summed E-state index contributed by atoms with van der Waals surface area (Å²) in [7, 11) is 2.85. The van der Waals surface area contributed by atoms with E-state index in [1.807, 2.05) is 19.1 Å². The topological polar surface area (TPSA) is 116 Å². The lowest BCUT2D eigenvalue weighted by atomic mass is 9.98. The number of carbonyl (C=O) groups excluding carboxylic acids is 3. The van der Waals surface area contributed by atoms with Gasteiger partial charge in [-0.3, -0.25) is 9.59 Å². The Morgan fingerprint density at radius 3 is 2.31 bits per heavy atom. The molecular formula is C24H30N2O6. The number of hydrogen-bond acceptors (Lipinski definition) is 6. The van der Waals surface area contributed by atoms with Crippen LogP contribution in [0.4, 0.5) is 0 Å². The second-order valence-corrected chi connectivity index (χ2v) is 7.45. The second-order valence-electron chi connectivity index (χ2n) is 7.45. The van der Waals surface area contributed by atoms with Crippen molar-refractivity contribution >= 4 is 17.8 Å². The van der Waals surface area contributed by atoms with Gasteiger partial charge in [-0.15, -0.1) is 0 Å². The molecule has 0 fully saturated rings. The van der Waals surface area contributed by atoms with Crippen LogP contribution in [-0.2, 0) is 20.9 Å². The molecular weight excluding hydrogens is 412 g/mol. The summed E-state index contributed by atoms with van der Waals surface area (Å²) in [6.45, 7) is 2.51. The molecule has 0 aliphatic carbocycles. The number of amides is 2. The number of ether oxygens (including phenoxy) is 1. The van der Waals surface area contributed by atoms with E-state index in [4.69, 9.17) is 4.74 Å². The summed E-state index contributed by atoms with van der Waals surface area (Å²) >= 11 is 0. The summed E-state index contributed by atoms with van der Waals surface area (Å²) < 4.78 is 4.82. The molecule has 2 amide bonds. The molecule has 0 bridgehead atoms. The van der Waals surface area contributed by atoms with Crippen molar-refractivity contribution in [2.45, 2.75) is 38.5 Å². The molecule has 2 unspecified atom stereocenters. The predicted octanol–water partition coefficient (Wildman–Crippen LogP) is 1.74. The van der Waals surface area contributed by atoms with Crippen LogP contribution < -0.4 is 5.32 Å². The van der Waals surface area contributed by atoms with E-state index < -0.39 is 30.0 Å². The summed E-state index contributed by atoms with van der Waals surface area (Å²) in [6.07, 6.45) is -2.05. The van der Waals surface area contributed by atoms with E-state index >= 15 is 0 Å². The Bertz CT molecular complexity index is 928. The fourth-order valence-corrected chi connectivity index (χ4v) is 3.13. The molecule has 0 saturated carbocycles. The predicted molar refractivity (Wildman–Crippen MR) is 120 cm³/mol. The van der Waals surface area contributed by atoms with Gasteiger partial charge < -0.3 is 25.2 Å². The first-order valence-electron chi connectivity index (χ1n) is 10.5. The number of aliphatic hydroxyl groups is 2. The Kier molecular flexibility index (Phi) is 9.37. The van der Waals surface area contributed by atoms with Gasteiger partial charge >= 0.3 is 5.97 Å². The SMILES string of the molecule is CCCCN(C)C(=O)C(O)C(O)C(=O)NCc1ccc(-c2ccccc2C(=O)OC)cc1. The molecule has 172 valence electrons. The first-order chi connectivity index (χ1) is 15.3. The average molecular weight is 443 g/mol. The van der Waals surface area contributed by atoms with Crippen LogP contribution in [0, 0.1) is 0 Å². The zero-order valence-corrected chi connectivity index (χ0v) is 18.6. The monoisotopic (exact) mass is 442 g/mol. The molecule has 2 aromatic rings. The molecule has 0 radical (unpaired) electrons. The van der Waals surface area contributed by atoms with Gasteiger partial charge in [0.15, 0.2) is 12.2 Å². The highest BCUT2D eigenvalue weighted by Gasteiger charge is 2.31. The summed E-state index contributed by atoms with van der Waals surface area (Å²) in [5.41, 5.74) is 2.71. The lowest BCUT2D eigenvalue weighted by Gasteiger charge is -2.23. The highest BCUT2D eigenvalue weighted by molar-refractivity contribution is 5.97. The maximum atomic E-state index is 12.2. The molecule has 32 heavy (non-hydrogen) atoms. The zero-order chi connectivity index (χ0) is 23.7. The Labute approximate surface area is 187 Å². The third kappa shape index (κ3) is 6.38. The lowest BCUT2D eigenvalue weighted by Crippen LogP contribution is -2.49. The molecule has 0 aliphatic rings. The quantitative estimate of drug-likeness (QED) is 0.483. The molecule has 2 aromatic carbocycles. The Balaban J connectivity index is 1.98. The van der Waals surface area contributed by atoms with Crippen molar-refractivity contribution in [2.24, 2.45) is 0 Å². The van der Waals surface area contributed by atoms with Gasteiger partial charge in [-0.05, 0) is 29.2 Å². The number of nitrogens with one attached hydrogen (secondary N) is 1. The number of hydrogen-bond donors (Lipinski definition) is 3. The minimum absolute atomic E-state index is 0.0986. The van der Waals surface area contributed by atoms with Gasteiger partial charge in [0.05, 0.1) is 12.7 Å². The van der Waals surface area contributed by atoms with Gasteiger partial charge in [0.1, 0.15) is 0 Å². The van der Waals surface area contributed by atoms with E-state index in [-0.39, 0.29) is 6.54 Å². The summed E-state index contributed by atoms with van der Waals surface area (Å²) in [6, 6.07) is 14.2. The van der Waals surface area contributed by atoms with Crippen LogP contribution in [0.25, 0.3) is 11.1 Å². The Morgan fingerprint density at radius 2 is 1.69 bits per heavy atom. The van der Waals surface area contributed by atoms with E-state index in [1.165, 1.54) is 19.1 Å². The number of methoxy groups -OCH3 is 1. The number of likely N-dealkylation sites (N-methyl/N-ethyl adjacent to an activating group) is 1. The van der Waals surface area contributed by atoms with Crippen molar-refractivity contribution in [1.29, 1.82) is 0 Å². The van der Waals surface area contributed by atoms with Crippen LogP contribution in [-0.4, -0.2) is 65.8 Å². The smallest absolute Gasteiger partial charge is 0.338 e. The molecule has 2 rings (SSSR count). The molecule has 8 nitrogen and oxygen atoms in total. The number of carbonyl (C=O) groups is 3. The van der Waals surface area contributed by atoms with Crippen molar-refractivity contribution < 1.29 is 29.3 Å². The molecule has 2 atom stereocenters. The molecule has 0 aliphatic heterocycles. The molecule has 0 heterocycles. The lowest BCUT2D eigenvalue weighted by molar-refractivity contribution is -0.152. The van der Waals surface area contributed by atoms with Crippen molar-refractivity contribution in [3.8, 4) is 11.1 Å². The first-order valence-corrected chi connectivity index (χ1v) is 10.5. The van der Waals surface area contributed by atoms with E-state index in [0.717, 1.165) is 29.5 Å². The number of aliphatic hydroxyl groups excluding tert-OH is 2. The normalized spacial score (nSPS) is 12.5. The minimum atomic E-state index is -1.86. The third-order valence-electron chi connectivity index (χ3n) is 5.11. The Morgan fingerprint density at radius 1 is 1.03 bits per heavy atom. The number of unbranched alkanes of at least 4 members (excludes halogenated alkanes) is 1. The average Bonchev–Trinajstić information content (AvgIpc) is 2.84. The van der Waals surface area contributed by atoms with Crippen LogP contribution in [0.2, 0.25) is 0 Å². The molecule has 0 saturated heterocycles. The maximum absolute atomic E-state index is 12.2. The van der Waals surface area contributed by atoms with E-state index in [9.17, 15) is 24.6 Å². The third-order valence-corrected chi connectivity index (χ3v) is 5.11. The number of nitrogens with zero attached hydrogens (tertiary/aromatic N) is 1. The molecule has 0 spiro atoms. The van der Waals surface area contributed by atoms with Gasteiger partial charge in [-0.2, -0.15) is 0 Å². The van der Waals surface area contributed by atoms with Crippen LogP contribution in [0.5, 0.6) is 0 Å². The maximum Gasteiger partial charge on any atom is 0.338 e. The van der Waals surface area contributed by atoms with Crippen LogP contribution in [0.1, 0.15) is 35.7 Å². The number of benzene rings is 2. The minimum Gasteiger partial charge on any atom is -0.465 e. The molecule has 8 heteroatoms. The van der Waals surface area contributed by atoms with Gasteiger partial charge in [0.25, 0.3) is 11.8 Å². The largest absolute Gasteiger partial charge is 0.465 e. The Hall–Kier alpha value is -3.23.